The van der Waals surface area contributed by atoms with Crippen molar-refractivity contribution in [2.45, 2.75) is 13.3 Å². The van der Waals surface area contributed by atoms with E-state index in [2.05, 4.69) is 0 Å². The van der Waals surface area contributed by atoms with Gasteiger partial charge in [0.1, 0.15) is 5.82 Å². The zero-order valence-electron chi connectivity index (χ0n) is 15.6. The summed E-state index contributed by atoms with van der Waals surface area (Å²) in [6.07, 6.45) is 0.523. The first kappa shape index (κ1) is 17.9. The van der Waals surface area contributed by atoms with Crippen molar-refractivity contribution in [2.75, 3.05) is 57.6 Å². The lowest BCUT2D eigenvalue weighted by Gasteiger charge is -2.32. The van der Waals surface area contributed by atoms with Crippen LogP contribution in [-0.2, 0) is 15.9 Å². The summed E-state index contributed by atoms with van der Waals surface area (Å²) >= 11 is 0. The second kappa shape index (κ2) is 8.06. The third kappa shape index (κ3) is 3.96. The van der Waals surface area contributed by atoms with Crippen LogP contribution >= 0.6 is 0 Å². The standard InChI is InChI=1S/C19H25N5O3/c1-15(21-22-6-10-26-11-7-22)14-18-20-17-5-3-2-4-16(17)19(25)24(18)23-8-12-27-13-9-23/h2-5H,6-14H2,1H3/b21-15+. The van der Waals surface area contributed by atoms with E-state index in [9.17, 15) is 4.79 Å². The minimum atomic E-state index is -0.0309. The Morgan fingerprint density at radius 1 is 1.07 bits per heavy atom. The van der Waals surface area contributed by atoms with Crippen LogP contribution in [-0.4, -0.2) is 73.0 Å². The fourth-order valence-corrected chi connectivity index (χ4v) is 3.49. The predicted octanol–water partition coefficient (Wildman–Crippen LogP) is 0.615. The van der Waals surface area contributed by atoms with E-state index in [4.69, 9.17) is 19.6 Å². The Labute approximate surface area is 158 Å². The second-order valence-corrected chi connectivity index (χ2v) is 6.81. The second-order valence-electron chi connectivity index (χ2n) is 6.81. The molecule has 3 heterocycles. The summed E-state index contributed by atoms with van der Waals surface area (Å²) in [5, 5.41) is 9.39. The van der Waals surface area contributed by atoms with Gasteiger partial charge >= 0.3 is 0 Å². The van der Waals surface area contributed by atoms with Gasteiger partial charge in [0.05, 0.1) is 63.5 Å². The van der Waals surface area contributed by atoms with Gasteiger partial charge < -0.3 is 14.5 Å². The van der Waals surface area contributed by atoms with Crippen molar-refractivity contribution < 1.29 is 9.47 Å². The minimum absolute atomic E-state index is 0.0309. The Bertz CT molecular complexity index is 883. The van der Waals surface area contributed by atoms with Gasteiger partial charge in [-0.15, -0.1) is 0 Å². The van der Waals surface area contributed by atoms with E-state index in [1.54, 1.807) is 4.68 Å². The highest BCUT2D eigenvalue weighted by Gasteiger charge is 2.19. The van der Waals surface area contributed by atoms with Gasteiger partial charge in [0.25, 0.3) is 5.56 Å². The third-order valence-corrected chi connectivity index (χ3v) is 4.80. The Morgan fingerprint density at radius 3 is 2.48 bits per heavy atom. The molecular weight excluding hydrogens is 346 g/mol. The first-order valence-corrected chi connectivity index (χ1v) is 9.43. The van der Waals surface area contributed by atoms with E-state index in [1.807, 2.05) is 41.2 Å². The number of morpholine rings is 2. The lowest BCUT2D eigenvalue weighted by atomic mass is 10.2. The Morgan fingerprint density at radius 2 is 1.74 bits per heavy atom. The summed E-state index contributed by atoms with van der Waals surface area (Å²) < 4.78 is 12.6. The van der Waals surface area contributed by atoms with E-state index in [0.29, 0.717) is 51.3 Å². The number of fused-ring (bicyclic) bond motifs is 1. The Hall–Kier alpha value is -2.45. The molecule has 2 fully saturated rings. The molecule has 0 aliphatic carbocycles. The molecule has 0 N–H and O–H groups in total. The molecule has 1 aromatic heterocycles. The van der Waals surface area contributed by atoms with E-state index in [1.165, 1.54) is 0 Å². The van der Waals surface area contributed by atoms with Crippen molar-refractivity contribution in [3.63, 3.8) is 0 Å². The maximum Gasteiger partial charge on any atom is 0.280 e. The maximum atomic E-state index is 13.2. The van der Waals surface area contributed by atoms with Crippen LogP contribution in [0.5, 0.6) is 0 Å². The van der Waals surface area contributed by atoms with Gasteiger partial charge in [-0.3, -0.25) is 9.80 Å². The number of para-hydroxylation sites is 1. The molecule has 8 nitrogen and oxygen atoms in total. The molecule has 2 aliphatic rings. The van der Waals surface area contributed by atoms with E-state index in [-0.39, 0.29) is 5.56 Å². The number of ether oxygens (including phenoxy) is 2. The summed E-state index contributed by atoms with van der Waals surface area (Å²) in [5.74, 6) is 0.718. The summed E-state index contributed by atoms with van der Waals surface area (Å²) in [4.78, 5) is 18.0. The first-order valence-electron chi connectivity index (χ1n) is 9.43. The maximum absolute atomic E-state index is 13.2. The van der Waals surface area contributed by atoms with Crippen LogP contribution in [0.4, 0.5) is 0 Å². The molecule has 0 saturated carbocycles. The van der Waals surface area contributed by atoms with Crippen LogP contribution in [0.3, 0.4) is 0 Å². The molecule has 2 saturated heterocycles. The zero-order chi connectivity index (χ0) is 18.6. The molecule has 0 atom stereocenters. The van der Waals surface area contributed by atoms with Gasteiger partial charge in [-0.1, -0.05) is 12.1 Å². The predicted molar refractivity (Wildman–Crippen MR) is 104 cm³/mol. The van der Waals surface area contributed by atoms with E-state index >= 15 is 0 Å². The summed E-state index contributed by atoms with van der Waals surface area (Å²) in [7, 11) is 0. The molecule has 0 amide bonds. The highest BCUT2D eigenvalue weighted by molar-refractivity contribution is 5.84. The molecule has 0 bridgehead atoms. The average Bonchev–Trinajstić information content (AvgIpc) is 2.69. The molecular formula is C19H25N5O3. The van der Waals surface area contributed by atoms with Crippen LogP contribution in [0.25, 0.3) is 10.9 Å². The molecule has 0 radical (unpaired) electrons. The van der Waals surface area contributed by atoms with E-state index in [0.717, 1.165) is 30.1 Å². The highest BCUT2D eigenvalue weighted by atomic mass is 16.5. The number of aromatic nitrogens is 2. The van der Waals surface area contributed by atoms with Gasteiger partial charge in [-0.2, -0.15) is 5.10 Å². The number of hydrogen-bond donors (Lipinski definition) is 0. The van der Waals surface area contributed by atoms with Gasteiger partial charge in [-0.05, 0) is 19.1 Å². The summed E-state index contributed by atoms with van der Waals surface area (Å²) in [6.45, 7) is 7.53. The van der Waals surface area contributed by atoms with Gasteiger partial charge in [0.15, 0.2) is 0 Å². The number of benzene rings is 1. The molecule has 8 heteroatoms. The molecule has 27 heavy (non-hydrogen) atoms. The van der Waals surface area contributed by atoms with Crippen molar-refractivity contribution in [1.29, 1.82) is 0 Å². The van der Waals surface area contributed by atoms with Gasteiger partial charge in [-0.25, -0.2) is 9.66 Å². The molecule has 144 valence electrons. The molecule has 4 rings (SSSR count). The summed E-state index contributed by atoms with van der Waals surface area (Å²) in [5.41, 5.74) is 1.62. The van der Waals surface area contributed by atoms with Crippen molar-refractivity contribution in [3.05, 3.63) is 40.4 Å². The van der Waals surface area contributed by atoms with Crippen molar-refractivity contribution >= 4 is 16.6 Å². The zero-order valence-corrected chi connectivity index (χ0v) is 15.6. The number of hydrazone groups is 1. The third-order valence-electron chi connectivity index (χ3n) is 4.80. The van der Waals surface area contributed by atoms with Crippen LogP contribution in [0.15, 0.2) is 34.2 Å². The van der Waals surface area contributed by atoms with E-state index < -0.39 is 0 Å². The molecule has 0 spiro atoms. The molecule has 0 unspecified atom stereocenters. The minimum Gasteiger partial charge on any atom is -0.378 e. The smallest absolute Gasteiger partial charge is 0.280 e. The largest absolute Gasteiger partial charge is 0.378 e. The van der Waals surface area contributed by atoms with Crippen LogP contribution in [0.1, 0.15) is 12.7 Å². The van der Waals surface area contributed by atoms with Crippen molar-refractivity contribution in [1.82, 2.24) is 14.7 Å². The number of rotatable bonds is 4. The SMILES string of the molecule is C/C(Cc1nc2ccccc2c(=O)n1N1CCOCC1)=N\N1CCOCC1. The lowest BCUT2D eigenvalue weighted by Crippen LogP contribution is -2.50. The molecule has 2 aromatic rings. The Kier molecular flexibility index (Phi) is 5.35. The van der Waals surface area contributed by atoms with Crippen molar-refractivity contribution in [3.8, 4) is 0 Å². The topological polar surface area (TPSA) is 72.2 Å². The summed E-state index contributed by atoms with van der Waals surface area (Å²) in [6, 6.07) is 7.50. The van der Waals surface area contributed by atoms with Gasteiger partial charge in [0, 0.05) is 12.1 Å². The van der Waals surface area contributed by atoms with Crippen molar-refractivity contribution in [2.24, 2.45) is 5.10 Å². The quantitative estimate of drug-likeness (QED) is 0.734. The number of hydrogen-bond acceptors (Lipinski definition) is 7. The number of nitrogens with zero attached hydrogens (tertiary/aromatic N) is 5. The normalized spacial score (nSPS) is 18.9. The highest BCUT2D eigenvalue weighted by Crippen LogP contribution is 2.11. The van der Waals surface area contributed by atoms with Crippen LogP contribution in [0.2, 0.25) is 0 Å². The first-order chi connectivity index (χ1) is 13.2. The molecule has 1 aromatic carbocycles. The monoisotopic (exact) mass is 371 g/mol. The van der Waals surface area contributed by atoms with Gasteiger partial charge in [0.2, 0.25) is 0 Å². The average molecular weight is 371 g/mol. The molecule has 2 aliphatic heterocycles. The lowest BCUT2D eigenvalue weighted by molar-refractivity contribution is 0.0392. The Balaban J connectivity index is 1.71. The fourth-order valence-electron chi connectivity index (χ4n) is 3.49. The van der Waals surface area contributed by atoms with Crippen LogP contribution in [0, 0.1) is 0 Å². The van der Waals surface area contributed by atoms with Crippen LogP contribution < -0.4 is 10.6 Å². The fraction of sp³-hybridized carbons (Fsp3) is 0.526.